The van der Waals surface area contributed by atoms with Crippen LogP contribution in [0, 0.1) is 11.3 Å². The average Bonchev–Trinajstić information content (AvgIpc) is 2.66. The third-order valence-electron chi connectivity index (χ3n) is 2.54. The Kier molecular flexibility index (Phi) is 2.93. The highest BCUT2D eigenvalue weighted by Gasteiger charge is 2.15. The summed E-state index contributed by atoms with van der Waals surface area (Å²) in [5, 5.41) is 9.69. The van der Waals surface area contributed by atoms with Crippen LogP contribution in [-0.4, -0.2) is 0 Å². The molecule has 0 atom stereocenters. The number of nitrogens with zero attached hydrogens (tertiary/aromatic N) is 1. The Morgan fingerprint density at radius 1 is 1.31 bits per heavy atom. The Hall–Kier alpha value is -1.79. The fourth-order valence-corrected chi connectivity index (χ4v) is 2.88. The van der Waals surface area contributed by atoms with Gasteiger partial charge in [-0.1, -0.05) is 37.3 Å². The minimum atomic E-state index is 0.623. The summed E-state index contributed by atoms with van der Waals surface area (Å²) in [6, 6.07) is 12.3. The zero-order valence-electron chi connectivity index (χ0n) is 9.03. The molecule has 0 amide bonds. The van der Waals surface area contributed by atoms with Gasteiger partial charge in [0.05, 0.1) is 5.56 Å². The predicted molar refractivity (Wildman–Crippen MR) is 68.3 cm³/mol. The fraction of sp³-hybridized carbons (Fsp3) is 0.154. The maximum atomic E-state index is 9.07. The summed E-state index contributed by atoms with van der Waals surface area (Å²) >= 11 is 1.50. The molecule has 2 N–H and O–H groups in total. The lowest BCUT2D eigenvalue weighted by Crippen LogP contribution is -1.88. The van der Waals surface area contributed by atoms with E-state index in [0.717, 1.165) is 22.4 Å². The van der Waals surface area contributed by atoms with Gasteiger partial charge < -0.3 is 5.73 Å². The van der Waals surface area contributed by atoms with Gasteiger partial charge in [-0.15, -0.1) is 11.3 Å². The van der Waals surface area contributed by atoms with Crippen LogP contribution in [0.1, 0.15) is 18.1 Å². The summed E-state index contributed by atoms with van der Waals surface area (Å²) in [4.78, 5) is 1.12. The van der Waals surface area contributed by atoms with Gasteiger partial charge in [-0.3, -0.25) is 0 Å². The number of hydrogen-bond acceptors (Lipinski definition) is 3. The van der Waals surface area contributed by atoms with Crippen molar-refractivity contribution in [2.45, 2.75) is 13.3 Å². The molecule has 3 heteroatoms. The Morgan fingerprint density at radius 2 is 2.00 bits per heavy atom. The number of nitriles is 1. The summed E-state index contributed by atoms with van der Waals surface area (Å²) in [6.07, 6.45) is 0.834. The van der Waals surface area contributed by atoms with Gasteiger partial charge in [0.2, 0.25) is 0 Å². The van der Waals surface area contributed by atoms with Crippen LogP contribution in [0.15, 0.2) is 30.3 Å². The Balaban J connectivity index is 2.63. The second kappa shape index (κ2) is 4.38. The van der Waals surface area contributed by atoms with Crippen molar-refractivity contribution in [2.75, 3.05) is 5.73 Å². The van der Waals surface area contributed by atoms with Crippen LogP contribution >= 0.6 is 11.3 Å². The normalized spacial score (nSPS) is 10.0. The molecule has 2 nitrogen and oxygen atoms in total. The molecule has 2 rings (SSSR count). The molecule has 0 aliphatic rings. The molecule has 0 saturated heterocycles. The maximum Gasteiger partial charge on any atom is 0.105 e. The highest BCUT2D eigenvalue weighted by Crippen LogP contribution is 2.38. The molecule has 16 heavy (non-hydrogen) atoms. The van der Waals surface area contributed by atoms with Crippen LogP contribution in [0.4, 0.5) is 5.00 Å². The minimum absolute atomic E-state index is 0.623. The molecule has 0 bridgehead atoms. The summed E-state index contributed by atoms with van der Waals surface area (Å²) in [5.74, 6) is 0. The topological polar surface area (TPSA) is 49.8 Å². The van der Waals surface area contributed by atoms with Crippen molar-refractivity contribution in [1.82, 2.24) is 0 Å². The first kappa shape index (κ1) is 10.7. The maximum absolute atomic E-state index is 9.07. The first-order valence-corrected chi connectivity index (χ1v) is 5.96. The van der Waals surface area contributed by atoms with Gasteiger partial charge in [0.1, 0.15) is 11.1 Å². The van der Waals surface area contributed by atoms with E-state index in [1.165, 1.54) is 11.3 Å². The summed E-state index contributed by atoms with van der Waals surface area (Å²) in [7, 11) is 0. The van der Waals surface area contributed by atoms with Crippen molar-refractivity contribution in [3.05, 3.63) is 41.5 Å². The van der Waals surface area contributed by atoms with E-state index < -0.39 is 0 Å². The largest absolute Gasteiger partial charge is 0.389 e. The van der Waals surface area contributed by atoms with Crippen LogP contribution in [0.5, 0.6) is 0 Å². The molecule has 2 aromatic rings. The lowest BCUT2D eigenvalue weighted by Gasteiger charge is -2.00. The van der Waals surface area contributed by atoms with Crippen LogP contribution in [0.25, 0.3) is 10.4 Å². The number of benzene rings is 1. The van der Waals surface area contributed by atoms with Gasteiger partial charge in [0.25, 0.3) is 0 Å². The molecule has 0 radical (unpaired) electrons. The lowest BCUT2D eigenvalue weighted by atomic mass is 10.0. The Bertz CT molecular complexity index is 535. The fourth-order valence-electron chi connectivity index (χ4n) is 1.77. The van der Waals surface area contributed by atoms with E-state index in [1.807, 2.05) is 30.3 Å². The Morgan fingerprint density at radius 3 is 2.56 bits per heavy atom. The van der Waals surface area contributed by atoms with Crippen molar-refractivity contribution in [2.24, 2.45) is 0 Å². The van der Waals surface area contributed by atoms with Gasteiger partial charge in [-0.25, -0.2) is 0 Å². The van der Waals surface area contributed by atoms with Crippen molar-refractivity contribution >= 4 is 16.3 Å². The monoisotopic (exact) mass is 228 g/mol. The predicted octanol–water partition coefficient (Wildman–Crippen LogP) is 3.43. The molecule has 0 aliphatic carbocycles. The van der Waals surface area contributed by atoms with E-state index in [2.05, 4.69) is 13.0 Å². The van der Waals surface area contributed by atoms with E-state index in [0.29, 0.717) is 10.6 Å². The van der Waals surface area contributed by atoms with E-state index in [9.17, 15) is 0 Å². The quantitative estimate of drug-likeness (QED) is 0.856. The third kappa shape index (κ3) is 1.68. The van der Waals surface area contributed by atoms with Crippen molar-refractivity contribution < 1.29 is 0 Å². The van der Waals surface area contributed by atoms with Gasteiger partial charge in [-0.2, -0.15) is 5.26 Å². The second-order valence-corrected chi connectivity index (χ2v) is 4.53. The van der Waals surface area contributed by atoms with E-state index in [1.54, 1.807) is 0 Å². The van der Waals surface area contributed by atoms with Crippen LogP contribution in [-0.2, 0) is 6.42 Å². The molecule has 0 saturated carbocycles. The van der Waals surface area contributed by atoms with Crippen LogP contribution in [0.2, 0.25) is 0 Å². The van der Waals surface area contributed by atoms with E-state index in [4.69, 9.17) is 11.0 Å². The number of rotatable bonds is 2. The van der Waals surface area contributed by atoms with E-state index >= 15 is 0 Å². The highest BCUT2D eigenvalue weighted by atomic mass is 32.1. The van der Waals surface area contributed by atoms with Gasteiger partial charge >= 0.3 is 0 Å². The molecule has 0 aliphatic heterocycles. The molecule has 80 valence electrons. The number of nitrogens with two attached hydrogens (primary N) is 1. The zero-order valence-corrected chi connectivity index (χ0v) is 9.84. The first-order chi connectivity index (χ1) is 7.77. The van der Waals surface area contributed by atoms with E-state index in [-0.39, 0.29) is 0 Å². The molecule has 1 aromatic heterocycles. The summed E-state index contributed by atoms with van der Waals surface area (Å²) < 4.78 is 0. The molecule has 1 heterocycles. The van der Waals surface area contributed by atoms with Crippen LogP contribution < -0.4 is 5.73 Å². The van der Waals surface area contributed by atoms with Crippen molar-refractivity contribution in [1.29, 1.82) is 5.26 Å². The molecule has 0 unspecified atom stereocenters. The van der Waals surface area contributed by atoms with Gasteiger partial charge in [0.15, 0.2) is 0 Å². The standard InChI is InChI=1S/C13H12N2S/c1-2-10-11(8-14)13(15)16-12(10)9-6-4-3-5-7-9/h3-7H,2,15H2,1H3. The molecule has 1 aromatic carbocycles. The minimum Gasteiger partial charge on any atom is -0.389 e. The zero-order chi connectivity index (χ0) is 11.5. The first-order valence-electron chi connectivity index (χ1n) is 5.14. The molecule has 0 fully saturated rings. The lowest BCUT2D eigenvalue weighted by molar-refractivity contribution is 1.15. The number of anilines is 1. The third-order valence-corrected chi connectivity index (χ3v) is 3.65. The second-order valence-electron chi connectivity index (χ2n) is 3.48. The van der Waals surface area contributed by atoms with Gasteiger partial charge in [0, 0.05) is 4.88 Å². The summed E-state index contributed by atoms with van der Waals surface area (Å²) in [6.45, 7) is 2.05. The number of thiophene rings is 1. The number of nitrogen functional groups attached to an aromatic ring is 1. The van der Waals surface area contributed by atoms with Gasteiger partial charge in [-0.05, 0) is 17.5 Å². The van der Waals surface area contributed by atoms with Crippen LogP contribution in [0.3, 0.4) is 0 Å². The number of hydrogen-bond donors (Lipinski definition) is 1. The SMILES string of the molecule is CCc1c(-c2ccccc2)sc(N)c1C#N. The van der Waals surface area contributed by atoms with Crippen molar-refractivity contribution in [3.63, 3.8) is 0 Å². The highest BCUT2D eigenvalue weighted by molar-refractivity contribution is 7.19. The Labute approximate surface area is 99.0 Å². The molecule has 0 spiro atoms. The summed E-state index contributed by atoms with van der Waals surface area (Å²) in [5.41, 5.74) is 8.71. The molecular weight excluding hydrogens is 216 g/mol. The smallest absolute Gasteiger partial charge is 0.105 e. The average molecular weight is 228 g/mol. The van der Waals surface area contributed by atoms with Crippen molar-refractivity contribution in [3.8, 4) is 16.5 Å². The molecular formula is C13H12N2S.